The van der Waals surface area contributed by atoms with Crippen molar-refractivity contribution in [1.29, 1.82) is 0 Å². The number of carbonyl (C=O) groups is 2. The molecular formula is C22H27N5O2. The molecule has 0 aliphatic heterocycles. The van der Waals surface area contributed by atoms with Crippen LogP contribution in [-0.2, 0) is 9.59 Å². The fourth-order valence-electron chi connectivity index (χ4n) is 2.57. The molecule has 0 saturated heterocycles. The zero-order valence-electron chi connectivity index (χ0n) is 17.4. The van der Waals surface area contributed by atoms with Crippen molar-refractivity contribution in [1.82, 2.24) is 4.90 Å². The van der Waals surface area contributed by atoms with E-state index in [1.807, 2.05) is 81.4 Å². The Kier molecular flexibility index (Phi) is 7.25. The number of amidine groups is 2. The summed E-state index contributed by atoms with van der Waals surface area (Å²) in [5, 5.41) is 8.60. The average Bonchev–Trinajstić information content (AvgIpc) is 2.67. The maximum absolute atomic E-state index is 12.5. The lowest BCUT2D eigenvalue weighted by Crippen LogP contribution is -2.54. The summed E-state index contributed by atoms with van der Waals surface area (Å²) < 4.78 is 0. The molecule has 0 saturated carbocycles. The van der Waals surface area contributed by atoms with Gasteiger partial charge >= 0.3 is 0 Å². The van der Waals surface area contributed by atoms with Crippen molar-refractivity contribution in [3.8, 4) is 0 Å². The minimum Gasteiger partial charge on any atom is -0.297 e. The molecule has 0 bridgehead atoms. The van der Waals surface area contributed by atoms with Gasteiger partial charge in [-0.05, 0) is 45.0 Å². The molecule has 0 amide bonds. The number of hydrogen-bond donors (Lipinski definition) is 2. The molecule has 0 aliphatic rings. The van der Waals surface area contributed by atoms with Crippen molar-refractivity contribution in [2.75, 3.05) is 10.9 Å². The predicted octanol–water partition coefficient (Wildman–Crippen LogP) is 4.12. The first-order valence-corrected chi connectivity index (χ1v) is 9.29. The Balaban J connectivity index is 2.46. The largest absolute Gasteiger partial charge is 0.297 e. The first kappa shape index (κ1) is 21.8. The van der Waals surface area contributed by atoms with E-state index in [4.69, 9.17) is 0 Å². The molecular weight excluding hydrogens is 366 g/mol. The van der Waals surface area contributed by atoms with E-state index >= 15 is 0 Å². The second-order valence-electron chi connectivity index (χ2n) is 7.45. The Bertz CT molecular complexity index is 830. The van der Waals surface area contributed by atoms with Gasteiger partial charge in [-0.1, -0.05) is 36.4 Å². The number of nitrogens with one attached hydrogen (secondary N) is 2. The number of para-hydroxylation sites is 2. The number of hydrogen-bond acceptors (Lipinski definition) is 6. The van der Waals surface area contributed by atoms with Crippen molar-refractivity contribution in [3.05, 3.63) is 60.7 Å². The monoisotopic (exact) mass is 393 g/mol. The third-order valence-electron chi connectivity index (χ3n) is 3.85. The van der Waals surface area contributed by atoms with Gasteiger partial charge in [-0.2, -0.15) is 10.2 Å². The maximum atomic E-state index is 12.5. The van der Waals surface area contributed by atoms with E-state index in [2.05, 4.69) is 21.1 Å². The van der Waals surface area contributed by atoms with Crippen molar-refractivity contribution in [3.63, 3.8) is 0 Å². The third kappa shape index (κ3) is 6.27. The Hall–Kier alpha value is -3.48. The summed E-state index contributed by atoms with van der Waals surface area (Å²) in [5.74, 6) is -0.413. The molecule has 2 aromatic carbocycles. The molecule has 7 heteroatoms. The number of benzene rings is 2. The smallest absolute Gasteiger partial charge is 0.198 e. The Morgan fingerprint density at radius 1 is 0.724 bits per heavy atom. The summed E-state index contributed by atoms with van der Waals surface area (Å²) in [5.41, 5.74) is 6.59. The number of Topliss-reactive ketones (excluding diaryl/α,β-unsaturated/α-hetero) is 2. The lowest BCUT2D eigenvalue weighted by Gasteiger charge is -2.36. The Morgan fingerprint density at radius 3 is 1.34 bits per heavy atom. The van der Waals surface area contributed by atoms with E-state index in [-0.39, 0.29) is 23.2 Å². The second-order valence-corrected chi connectivity index (χ2v) is 7.45. The van der Waals surface area contributed by atoms with Crippen LogP contribution < -0.4 is 10.9 Å². The van der Waals surface area contributed by atoms with Gasteiger partial charge in [0, 0.05) is 19.4 Å². The third-order valence-corrected chi connectivity index (χ3v) is 3.85. The lowest BCUT2D eigenvalue weighted by atomic mass is 10.0. The molecule has 0 radical (unpaired) electrons. The van der Waals surface area contributed by atoms with Crippen LogP contribution in [0, 0.1) is 0 Å². The van der Waals surface area contributed by atoms with Crippen LogP contribution in [0.15, 0.2) is 70.9 Å². The van der Waals surface area contributed by atoms with Crippen molar-refractivity contribution >= 4 is 34.6 Å². The lowest BCUT2D eigenvalue weighted by molar-refractivity contribution is -0.112. The molecule has 0 aliphatic carbocycles. The molecule has 29 heavy (non-hydrogen) atoms. The molecule has 2 N–H and O–H groups in total. The van der Waals surface area contributed by atoms with Gasteiger partial charge in [-0.15, -0.1) is 0 Å². The number of carbonyl (C=O) groups excluding carboxylic acids is 2. The van der Waals surface area contributed by atoms with Crippen LogP contribution in [0.1, 0.15) is 34.6 Å². The molecule has 0 unspecified atom stereocenters. The molecule has 0 fully saturated rings. The first-order chi connectivity index (χ1) is 13.7. The SMILES string of the molecule is CC(=O)/C(=N/Nc1ccccc1)N(/C(=N\Nc1ccccc1)C(C)=O)C(C)(C)C. The standard InChI is InChI=1S/C22H27N5O2/c1-16(28)20(25-23-18-12-8-6-9-13-18)27(22(3,4)5)21(17(2)29)26-24-19-14-10-7-11-15-19/h6-15,23-24H,1-5H3/b25-20-,26-21-. The van der Waals surface area contributed by atoms with E-state index in [1.165, 1.54) is 13.8 Å². The van der Waals surface area contributed by atoms with Crippen LogP contribution in [0.4, 0.5) is 11.4 Å². The average molecular weight is 393 g/mol. The molecule has 2 aromatic rings. The van der Waals surface area contributed by atoms with Gasteiger partial charge in [0.15, 0.2) is 23.2 Å². The summed E-state index contributed by atoms with van der Waals surface area (Å²) >= 11 is 0. The Morgan fingerprint density at radius 2 is 1.07 bits per heavy atom. The van der Waals surface area contributed by atoms with Crippen molar-refractivity contribution in [2.45, 2.75) is 40.2 Å². The van der Waals surface area contributed by atoms with Gasteiger partial charge < -0.3 is 0 Å². The zero-order valence-corrected chi connectivity index (χ0v) is 17.4. The van der Waals surface area contributed by atoms with Gasteiger partial charge in [0.1, 0.15) is 0 Å². The zero-order chi connectivity index (χ0) is 21.4. The van der Waals surface area contributed by atoms with E-state index in [9.17, 15) is 9.59 Å². The van der Waals surface area contributed by atoms with Crippen LogP contribution in [0.3, 0.4) is 0 Å². The molecule has 7 nitrogen and oxygen atoms in total. The summed E-state index contributed by atoms with van der Waals surface area (Å²) in [6.07, 6.45) is 0. The summed E-state index contributed by atoms with van der Waals surface area (Å²) in [7, 11) is 0. The van der Waals surface area contributed by atoms with Gasteiger partial charge in [0.05, 0.1) is 11.4 Å². The summed E-state index contributed by atoms with van der Waals surface area (Å²) in [6.45, 7) is 8.47. The molecule has 0 aromatic heterocycles. The van der Waals surface area contributed by atoms with Crippen molar-refractivity contribution < 1.29 is 9.59 Å². The van der Waals surface area contributed by atoms with Gasteiger partial charge in [0.2, 0.25) is 0 Å². The van der Waals surface area contributed by atoms with Gasteiger partial charge in [0.25, 0.3) is 0 Å². The Labute approximate surface area is 171 Å². The fourth-order valence-corrected chi connectivity index (χ4v) is 2.57. The number of ketones is 2. The van der Waals surface area contributed by atoms with E-state index in [0.717, 1.165) is 11.4 Å². The number of rotatable bonds is 6. The van der Waals surface area contributed by atoms with Crippen LogP contribution in [0.5, 0.6) is 0 Å². The minimum atomic E-state index is -0.633. The topological polar surface area (TPSA) is 86.2 Å². The maximum Gasteiger partial charge on any atom is 0.198 e. The molecule has 0 heterocycles. The highest BCUT2D eigenvalue weighted by atomic mass is 16.1. The molecule has 152 valence electrons. The summed E-state index contributed by atoms with van der Waals surface area (Å²) in [4.78, 5) is 26.5. The predicted molar refractivity (Wildman–Crippen MR) is 118 cm³/mol. The van der Waals surface area contributed by atoms with Crippen molar-refractivity contribution in [2.24, 2.45) is 10.2 Å². The second kappa shape index (κ2) is 9.64. The van der Waals surface area contributed by atoms with Crippen LogP contribution in [0.25, 0.3) is 0 Å². The van der Waals surface area contributed by atoms with E-state index in [1.54, 1.807) is 4.90 Å². The quantitative estimate of drug-likeness (QED) is 0.438. The number of nitrogens with zero attached hydrogens (tertiary/aromatic N) is 3. The van der Waals surface area contributed by atoms with Crippen LogP contribution in [-0.4, -0.2) is 33.7 Å². The highest BCUT2D eigenvalue weighted by molar-refractivity contribution is 6.49. The normalized spacial score (nSPS) is 12.3. The highest BCUT2D eigenvalue weighted by Gasteiger charge is 2.34. The van der Waals surface area contributed by atoms with Crippen LogP contribution in [0.2, 0.25) is 0 Å². The van der Waals surface area contributed by atoms with E-state index < -0.39 is 5.54 Å². The fraction of sp³-hybridized carbons (Fsp3) is 0.273. The molecule has 2 rings (SSSR count). The molecule has 0 atom stereocenters. The molecule has 0 spiro atoms. The number of hydrazone groups is 2. The first-order valence-electron chi connectivity index (χ1n) is 9.29. The van der Waals surface area contributed by atoms with Gasteiger partial charge in [-0.3, -0.25) is 25.3 Å². The summed E-state index contributed by atoms with van der Waals surface area (Å²) in [6, 6.07) is 18.5. The minimum absolute atomic E-state index is 0.0881. The number of anilines is 2. The highest BCUT2D eigenvalue weighted by Crippen LogP contribution is 2.18. The van der Waals surface area contributed by atoms with E-state index in [0.29, 0.717) is 0 Å². The van der Waals surface area contributed by atoms with Crippen LogP contribution >= 0.6 is 0 Å². The van der Waals surface area contributed by atoms with Gasteiger partial charge in [-0.25, -0.2) is 0 Å².